The molecule has 0 aliphatic rings. The van der Waals surface area contributed by atoms with Crippen LogP contribution >= 0.6 is 0 Å². The van der Waals surface area contributed by atoms with Gasteiger partial charge in [0.05, 0.1) is 5.69 Å². The molecule has 0 aliphatic carbocycles. The van der Waals surface area contributed by atoms with Crippen molar-refractivity contribution in [2.75, 3.05) is 5.32 Å². The fourth-order valence-electron chi connectivity index (χ4n) is 1.77. The SMILES string of the molecule is CC(C)(C)C(=O)Nc1cccc(-c2ccc(C=O)cc2F)n1. The molecule has 1 aromatic heterocycles. The summed E-state index contributed by atoms with van der Waals surface area (Å²) in [7, 11) is 0. The van der Waals surface area contributed by atoms with Crippen LogP contribution in [0, 0.1) is 11.2 Å². The molecule has 1 aromatic carbocycles. The third-order valence-electron chi connectivity index (χ3n) is 3.08. The number of aldehydes is 1. The molecule has 0 unspecified atom stereocenters. The van der Waals surface area contributed by atoms with E-state index in [1.165, 1.54) is 12.1 Å². The second-order valence-electron chi connectivity index (χ2n) is 5.97. The molecule has 0 bridgehead atoms. The molecule has 2 rings (SSSR count). The number of carbonyl (C=O) groups is 2. The summed E-state index contributed by atoms with van der Waals surface area (Å²) in [4.78, 5) is 26.9. The molecule has 1 heterocycles. The van der Waals surface area contributed by atoms with Gasteiger partial charge in [-0.3, -0.25) is 9.59 Å². The highest BCUT2D eigenvalue weighted by Crippen LogP contribution is 2.23. The van der Waals surface area contributed by atoms with E-state index >= 15 is 0 Å². The molecule has 1 N–H and O–H groups in total. The van der Waals surface area contributed by atoms with Crippen LogP contribution in [0.4, 0.5) is 10.2 Å². The Bertz CT molecular complexity index is 721. The lowest BCUT2D eigenvalue weighted by Gasteiger charge is -2.17. The minimum Gasteiger partial charge on any atom is -0.310 e. The molecule has 0 saturated carbocycles. The highest BCUT2D eigenvalue weighted by molar-refractivity contribution is 5.93. The average Bonchev–Trinajstić information content (AvgIpc) is 2.46. The van der Waals surface area contributed by atoms with Crippen LogP contribution in [0.3, 0.4) is 0 Å². The minimum absolute atomic E-state index is 0.172. The van der Waals surface area contributed by atoms with E-state index in [9.17, 15) is 14.0 Å². The minimum atomic E-state index is -0.547. The average molecular weight is 300 g/mol. The Morgan fingerprint density at radius 3 is 2.55 bits per heavy atom. The molecule has 0 fully saturated rings. The molecule has 0 spiro atoms. The van der Waals surface area contributed by atoms with Gasteiger partial charge in [0.25, 0.3) is 0 Å². The zero-order valence-corrected chi connectivity index (χ0v) is 12.7. The van der Waals surface area contributed by atoms with Gasteiger partial charge in [-0.1, -0.05) is 32.9 Å². The van der Waals surface area contributed by atoms with Gasteiger partial charge in [0.1, 0.15) is 17.9 Å². The Morgan fingerprint density at radius 2 is 1.95 bits per heavy atom. The lowest BCUT2D eigenvalue weighted by atomic mass is 9.96. The number of hydrogen-bond acceptors (Lipinski definition) is 3. The molecule has 22 heavy (non-hydrogen) atoms. The Kier molecular flexibility index (Phi) is 4.35. The van der Waals surface area contributed by atoms with Crippen LogP contribution in [0.25, 0.3) is 11.3 Å². The molecule has 2 aromatic rings. The van der Waals surface area contributed by atoms with Crippen molar-refractivity contribution < 1.29 is 14.0 Å². The molecule has 5 heteroatoms. The quantitative estimate of drug-likeness (QED) is 0.880. The van der Waals surface area contributed by atoms with Crippen LogP contribution in [0.1, 0.15) is 31.1 Å². The summed E-state index contributed by atoms with van der Waals surface area (Å²) in [6.07, 6.45) is 0.584. The number of nitrogens with zero attached hydrogens (tertiary/aromatic N) is 1. The van der Waals surface area contributed by atoms with Crippen LogP contribution in [-0.4, -0.2) is 17.2 Å². The predicted molar refractivity (Wildman–Crippen MR) is 83.1 cm³/mol. The maximum absolute atomic E-state index is 14.0. The van der Waals surface area contributed by atoms with Crippen molar-refractivity contribution in [3.63, 3.8) is 0 Å². The zero-order valence-electron chi connectivity index (χ0n) is 12.7. The lowest BCUT2D eigenvalue weighted by Crippen LogP contribution is -2.28. The summed E-state index contributed by atoms with van der Waals surface area (Å²) in [5.74, 6) is -0.346. The van der Waals surface area contributed by atoms with Gasteiger partial charge in [-0.2, -0.15) is 0 Å². The molecule has 0 saturated heterocycles. The Hall–Kier alpha value is -2.56. The number of anilines is 1. The van der Waals surface area contributed by atoms with E-state index in [1.54, 1.807) is 39.0 Å². The van der Waals surface area contributed by atoms with Crippen molar-refractivity contribution in [1.82, 2.24) is 4.98 Å². The van der Waals surface area contributed by atoms with E-state index in [4.69, 9.17) is 0 Å². The molecule has 0 aliphatic heterocycles. The third-order valence-corrected chi connectivity index (χ3v) is 3.08. The summed E-state index contributed by atoms with van der Waals surface area (Å²) in [5, 5.41) is 2.71. The van der Waals surface area contributed by atoms with Gasteiger partial charge in [-0.25, -0.2) is 9.37 Å². The first-order valence-corrected chi connectivity index (χ1v) is 6.85. The van der Waals surface area contributed by atoms with E-state index in [2.05, 4.69) is 10.3 Å². The first-order chi connectivity index (χ1) is 10.3. The second-order valence-corrected chi connectivity index (χ2v) is 5.97. The van der Waals surface area contributed by atoms with Crippen LogP contribution in [0.2, 0.25) is 0 Å². The summed E-state index contributed by atoms with van der Waals surface area (Å²) in [6.45, 7) is 5.39. The van der Waals surface area contributed by atoms with Crippen LogP contribution in [0.5, 0.6) is 0 Å². The van der Waals surface area contributed by atoms with E-state index in [1.807, 2.05) is 0 Å². The monoisotopic (exact) mass is 300 g/mol. The number of aromatic nitrogens is 1. The van der Waals surface area contributed by atoms with Gasteiger partial charge in [-0.15, -0.1) is 0 Å². The summed E-state index contributed by atoms with van der Waals surface area (Å²) in [5.41, 5.74) is 0.381. The number of amides is 1. The van der Waals surface area contributed by atoms with Crippen molar-refractivity contribution in [3.05, 3.63) is 47.8 Å². The van der Waals surface area contributed by atoms with Gasteiger partial charge in [-0.05, 0) is 24.3 Å². The largest absolute Gasteiger partial charge is 0.310 e. The van der Waals surface area contributed by atoms with Crippen molar-refractivity contribution >= 4 is 18.0 Å². The van der Waals surface area contributed by atoms with Gasteiger partial charge in [0.15, 0.2) is 0 Å². The van der Waals surface area contributed by atoms with Crippen LogP contribution < -0.4 is 5.32 Å². The second kappa shape index (κ2) is 6.05. The van der Waals surface area contributed by atoms with E-state index in [0.717, 1.165) is 6.07 Å². The summed E-state index contributed by atoms with van der Waals surface area (Å²) >= 11 is 0. The smallest absolute Gasteiger partial charge is 0.230 e. The summed E-state index contributed by atoms with van der Waals surface area (Å²) in [6, 6.07) is 9.15. The van der Waals surface area contributed by atoms with Crippen molar-refractivity contribution in [2.45, 2.75) is 20.8 Å². The highest BCUT2D eigenvalue weighted by atomic mass is 19.1. The zero-order chi connectivity index (χ0) is 16.3. The Morgan fingerprint density at radius 1 is 1.23 bits per heavy atom. The standard InChI is InChI=1S/C17H17FN2O2/c1-17(2,3)16(22)20-15-6-4-5-14(19-15)12-8-7-11(10-21)9-13(12)18/h4-10H,1-3H3,(H,19,20,22). The maximum atomic E-state index is 14.0. The van der Waals surface area contributed by atoms with Crippen molar-refractivity contribution in [1.29, 1.82) is 0 Å². The van der Waals surface area contributed by atoms with Gasteiger partial charge in [0.2, 0.25) is 5.91 Å². The normalized spacial score (nSPS) is 11.1. The number of rotatable bonds is 3. The first-order valence-electron chi connectivity index (χ1n) is 6.85. The fraction of sp³-hybridized carbons (Fsp3) is 0.235. The first kappa shape index (κ1) is 15.8. The molecular formula is C17H17FN2O2. The topological polar surface area (TPSA) is 59.1 Å². The molecule has 114 valence electrons. The number of halogens is 1. The van der Waals surface area contributed by atoms with E-state index in [-0.39, 0.29) is 17.0 Å². The maximum Gasteiger partial charge on any atom is 0.230 e. The molecule has 0 atom stereocenters. The Balaban J connectivity index is 2.33. The van der Waals surface area contributed by atoms with E-state index < -0.39 is 11.2 Å². The number of pyridine rings is 1. The van der Waals surface area contributed by atoms with Crippen LogP contribution in [-0.2, 0) is 4.79 Å². The number of nitrogens with one attached hydrogen (secondary N) is 1. The fourth-order valence-corrected chi connectivity index (χ4v) is 1.77. The third kappa shape index (κ3) is 3.55. The molecule has 0 radical (unpaired) electrons. The van der Waals surface area contributed by atoms with Crippen molar-refractivity contribution in [3.8, 4) is 11.3 Å². The number of hydrogen-bond donors (Lipinski definition) is 1. The van der Waals surface area contributed by atoms with E-state index in [0.29, 0.717) is 17.8 Å². The van der Waals surface area contributed by atoms with Crippen LogP contribution in [0.15, 0.2) is 36.4 Å². The number of benzene rings is 1. The molecule has 1 amide bonds. The Labute approximate surface area is 128 Å². The van der Waals surface area contributed by atoms with Gasteiger partial charge >= 0.3 is 0 Å². The predicted octanol–water partition coefficient (Wildman–Crippen LogP) is 3.68. The lowest BCUT2D eigenvalue weighted by molar-refractivity contribution is -0.123. The highest BCUT2D eigenvalue weighted by Gasteiger charge is 2.21. The van der Waals surface area contributed by atoms with Gasteiger partial charge < -0.3 is 5.32 Å². The van der Waals surface area contributed by atoms with Crippen molar-refractivity contribution in [2.24, 2.45) is 5.41 Å². The molecule has 4 nitrogen and oxygen atoms in total. The number of carbonyl (C=O) groups excluding carboxylic acids is 2. The van der Waals surface area contributed by atoms with Gasteiger partial charge in [0, 0.05) is 16.5 Å². The summed E-state index contributed by atoms with van der Waals surface area (Å²) < 4.78 is 14.0. The molecular weight excluding hydrogens is 283 g/mol.